The first-order valence-corrected chi connectivity index (χ1v) is 5.46. The van der Waals surface area contributed by atoms with E-state index in [1.54, 1.807) is 18.2 Å². The molecule has 92 valence electrons. The zero-order valence-electron chi connectivity index (χ0n) is 9.42. The third kappa shape index (κ3) is 4.74. The molecule has 1 rings (SSSR count). The van der Waals surface area contributed by atoms with E-state index in [1.807, 2.05) is 0 Å². The molecule has 0 saturated carbocycles. The number of nitrogens with one attached hydrogen (secondary N) is 2. The molecule has 4 N–H and O–H groups in total. The molecule has 0 bridgehead atoms. The Morgan fingerprint density at radius 2 is 2.12 bits per heavy atom. The van der Waals surface area contributed by atoms with E-state index in [4.69, 9.17) is 17.3 Å². The fourth-order valence-corrected chi connectivity index (χ4v) is 1.39. The molecular formula is C11H14ClN3O2. The van der Waals surface area contributed by atoms with Crippen molar-refractivity contribution in [2.24, 2.45) is 0 Å². The summed E-state index contributed by atoms with van der Waals surface area (Å²) in [6.45, 7) is 1.77. The zero-order chi connectivity index (χ0) is 12.8. The lowest BCUT2D eigenvalue weighted by Crippen LogP contribution is -2.30. The molecule has 0 aromatic heterocycles. The number of benzene rings is 1. The zero-order valence-corrected chi connectivity index (χ0v) is 10.2. The van der Waals surface area contributed by atoms with Gasteiger partial charge in [-0.2, -0.15) is 0 Å². The highest BCUT2D eigenvalue weighted by Gasteiger charge is 2.05. The third-order valence-corrected chi connectivity index (χ3v) is 2.32. The summed E-state index contributed by atoms with van der Waals surface area (Å²) in [6, 6.07) is 4.39. The minimum absolute atomic E-state index is 0.0239. The Morgan fingerprint density at radius 3 is 2.71 bits per heavy atom. The molecule has 0 unspecified atom stereocenters. The molecule has 0 saturated heterocycles. The monoisotopic (exact) mass is 255 g/mol. The van der Waals surface area contributed by atoms with Gasteiger partial charge >= 0.3 is 6.03 Å². The number of rotatable bonds is 4. The van der Waals surface area contributed by atoms with Crippen LogP contribution in [-0.2, 0) is 4.79 Å². The second-order valence-corrected chi connectivity index (χ2v) is 3.98. The van der Waals surface area contributed by atoms with Crippen molar-refractivity contribution >= 4 is 34.8 Å². The largest absolute Gasteiger partial charge is 0.399 e. The van der Waals surface area contributed by atoms with Crippen LogP contribution in [-0.4, -0.2) is 18.4 Å². The Labute approximate surface area is 104 Å². The lowest BCUT2D eigenvalue weighted by Gasteiger charge is -2.08. The van der Waals surface area contributed by atoms with Crippen LogP contribution in [0.2, 0.25) is 5.02 Å². The summed E-state index contributed by atoms with van der Waals surface area (Å²) < 4.78 is 0. The smallest absolute Gasteiger partial charge is 0.319 e. The summed E-state index contributed by atoms with van der Waals surface area (Å²) in [5, 5.41) is 5.47. The molecule has 0 radical (unpaired) electrons. The summed E-state index contributed by atoms with van der Waals surface area (Å²) in [7, 11) is 0. The number of amides is 2. The van der Waals surface area contributed by atoms with E-state index in [-0.39, 0.29) is 5.78 Å². The fourth-order valence-electron chi connectivity index (χ4n) is 1.15. The molecule has 5 nitrogen and oxygen atoms in total. The number of hydrogen-bond donors (Lipinski definition) is 3. The number of carbonyl (C=O) groups excluding carboxylic acids is 2. The van der Waals surface area contributed by atoms with E-state index >= 15 is 0 Å². The fraction of sp³-hybridized carbons (Fsp3) is 0.273. The molecule has 0 fully saturated rings. The van der Waals surface area contributed by atoms with Crippen LogP contribution < -0.4 is 16.4 Å². The van der Waals surface area contributed by atoms with Crippen molar-refractivity contribution in [2.75, 3.05) is 17.6 Å². The Kier molecular flexibility index (Phi) is 4.78. The molecule has 0 aliphatic heterocycles. The Hall–Kier alpha value is -1.75. The molecule has 17 heavy (non-hydrogen) atoms. The Morgan fingerprint density at radius 1 is 1.41 bits per heavy atom. The van der Waals surface area contributed by atoms with Crippen LogP contribution in [0.25, 0.3) is 0 Å². The Balaban J connectivity index is 2.48. The second kappa shape index (κ2) is 6.10. The number of Topliss-reactive ketones (excluding diaryl/α,β-unsaturated/α-hetero) is 1. The van der Waals surface area contributed by atoms with E-state index in [0.29, 0.717) is 29.4 Å². The molecule has 0 atom stereocenters. The second-order valence-electron chi connectivity index (χ2n) is 3.57. The quantitative estimate of drug-likeness (QED) is 0.720. The van der Waals surface area contributed by atoms with Gasteiger partial charge in [0.25, 0.3) is 0 Å². The van der Waals surface area contributed by atoms with Gasteiger partial charge in [-0.3, -0.25) is 4.79 Å². The molecule has 2 amide bonds. The van der Waals surface area contributed by atoms with E-state index in [9.17, 15) is 9.59 Å². The van der Waals surface area contributed by atoms with Crippen LogP contribution in [0.5, 0.6) is 0 Å². The van der Waals surface area contributed by atoms with Gasteiger partial charge in [0.2, 0.25) is 0 Å². The highest BCUT2D eigenvalue weighted by Crippen LogP contribution is 2.23. The van der Waals surface area contributed by atoms with Crippen LogP contribution in [0, 0.1) is 0 Å². The normalized spacial score (nSPS) is 9.76. The van der Waals surface area contributed by atoms with Gasteiger partial charge in [-0.05, 0) is 25.1 Å². The first-order valence-electron chi connectivity index (χ1n) is 5.08. The lowest BCUT2D eigenvalue weighted by molar-refractivity contribution is -0.116. The standard InChI is InChI=1S/C11H14ClN3O2/c1-7(16)4-5-14-11(17)15-10-3-2-8(13)6-9(10)12/h2-3,6H,4-5,13H2,1H3,(H2,14,15,17). The number of carbonyl (C=O) groups is 2. The average Bonchev–Trinajstić information content (AvgIpc) is 2.21. The number of halogens is 1. The minimum Gasteiger partial charge on any atom is -0.399 e. The van der Waals surface area contributed by atoms with E-state index in [1.165, 1.54) is 6.92 Å². The summed E-state index contributed by atoms with van der Waals surface area (Å²) in [4.78, 5) is 22.1. The van der Waals surface area contributed by atoms with Crippen molar-refractivity contribution in [3.05, 3.63) is 23.2 Å². The molecule has 0 spiro atoms. The highest BCUT2D eigenvalue weighted by atomic mass is 35.5. The summed E-state index contributed by atoms with van der Waals surface area (Å²) in [5.41, 5.74) is 6.52. The predicted molar refractivity (Wildman–Crippen MR) is 68.2 cm³/mol. The van der Waals surface area contributed by atoms with Gasteiger partial charge in [-0.25, -0.2) is 4.79 Å². The van der Waals surface area contributed by atoms with Gasteiger partial charge in [0.05, 0.1) is 10.7 Å². The molecule has 1 aromatic rings. The van der Waals surface area contributed by atoms with Crippen molar-refractivity contribution < 1.29 is 9.59 Å². The SMILES string of the molecule is CC(=O)CCNC(=O)Nc1ccc(N)cc1Cl. The first-order chi connectivity index (χ1) is 7.99. The molecule has 0 heterocycles. The first kappa shape index (κ1) is 13.3. The van der Waals surface area contributed by atoms with Gasteiger partial charge in [-0.1, -0.05) is 11.6 Å². The van der Waals surface area contributed by atoms with Crippen molar-refractivity contribution in [1.82, 2.24) is 5.32 Å². The summed E-state index contributed by atoms with van der Waals surface area (Å²) in [5.74, 6) is 0.0239. The van der Waals surface area contributed by atoms with Crippen molar-refractivity contribution in [3.8, 4) is 0 Å². The van der Waals surface area contributed by atoms with Crippen molar-refractivity contribution in [1.29, 1.82) is 0 Å². The number of nitrogens with two attached hydrogens (primary N) is 1. The van der Waals surface area contributed by atoms with Gasteiger partial charge in [0.15, 0.2) is 0 Å². The number of anilines is 2. The molecular weight excluding hydrogens is 242 g/mol. The van der Waals surface area contributed by atoms with Gasteiger partial charge in [-0.15, -0.1) is 0 Å². The van der Waals surface area contributed by atoms with E-state index < -0.39 is 6.03 Å². The maximum absolute atomic E-state index is 11.4. The Bertz CT molecular complexity index is 435. The van der Waals surface area contributed by atoms with Crippen LogP contribution in [0.4, 0.5) is 16.2 Å². The molecule has 6 heteroatoms. The number of urea groups is 1. The van der Waals surface area contributed by atoms with E-state index in [2.05, 4.69) is 10.6 Å². The van der Waals surface area contributed by atoms with Crippen LogP contribution in [0.1, 0.15) is 13.3 Å². The van der Waals surface area contributed by atoms with Gasteiger partial charge < -0.3 is 16.4 Å². The third-order valence-electron chi connectivity index (χ3n) is 2.00. The van der Waals surface area contributed by atoms with Gasteiger partial charge in [0, 0.05) is 18.7 Å². The summed E-state index contributed by atoms with van der Waals surface area (Å²) >= 11 is 5.88. The number of nitrogen functional groups attached to an aromatic ring is 1. The highest BCUT2D eigenvalue weighted by molar-refractivity contribution is 6.34. The molecule has 0 aliphatic rings. The van der Waals surface area contributed by atoms with E-state index in [0.717, 1.165) is 0 Å². The number of hydrogen-bond acceptors (Lipinski definition) is 3. The average molecular weight is 256 g/mol. The van der Waals surface area contributed by atoms with Crippen LogP contribution >= 0.6 is 11.6 Å². The maximum Gasteiger partial charge on any atom is 0.319 e. The van der Waals surface area contributed by atoms with Crippen molar-refractivity contribution in [2.45, 2.75) is 13.3 Å². The predicted octanol–water partition coefficient (Wildman–Crippen LogP) is 2.02. The molecule has 0 aliphatic carbocycles. The van der Waals surface area contributed by atoms with Crippen LogP contribution in [0.15, 0.2) is 18.2 Å². The topological polar surface area (TPSA) is 84.2 Å². The number of ketones is 1. The molecule has 1 aromatic carbocycles. The lowest BCUT2D eigenvalue weighted by atomic mass is 10.3. The van der Waals surface area contributed by atoms with Crippen molar-refractivity contribution in [3.63, 3.8) is 0 Å². The summed E-state index contributed by atoms with van der Waals surface area (Å²) in [6.07, 6.45) is 0.308. The van der Waals surface area contributed by atoms with Crippen LogP contribution in [0.3, 0.4) is 0 Å². The minimum atomic E-state index is -0.405. The maximum atomic E-state index is 11.4. The van der Waals surface area contributed by atoms with Gasteiger partial charge in [0.1, 0.15) is 5.78 Å².